The third-order valence-corrected chi connectivity index (χ3v) is 5.36. The van der Waals surface area contributed by atoms with Crippen LogP contribution in [0.15, 0.2) is 9.42 Å². The van der Waals surface area contributed by atoms with Gasteiger partial charge in [0.25, 0.3) is 0 Å². The number of sulfonamides is 1. The Bertz CT molecular complexity index is 574. The van der Waals surface area contributed by atoms with Crippen molar-refractivity contribution in [2.75, 3.05) is 13.1 Å². The van der Waals surface area contributed by atoms with E-state index in [1.807, 2.05) is 0 Å². The molecular weight excluding hydrogens is 270 g/mol. The molecule has 0 aromatic carbocycles. The van der Waals surface area contributed by atoms with Gasteiger partial charge in [0.15, 0.2) is 5.76 Å². The molecule has 0 spiro atoms. The third-order valence-electron chi connectivity index (χ3n) is 3.20. The summed E-state index contributed by atoms with van der Waals surface area (Å²) in [5.41, 5.74) is 0.318. The van der Waals surface area contributed by atoms with Crippen LogP contribution in [0.1, 0.15) is 24.8 Å². The van der Waals surface area contributed by atoms with Crippen LogP contribution in [0.4, 0.5) is 0 Å². The fourth-order valence-electron chi connectivity index (χ4n) is 2.33. The van der Waals surface area contributed by atoms with Crippen LogP contribution in [0.3, 0.4) is 0 Å². The minimum atomic E-state index is -3.76. The quantitative estimate of drug-likeness (QED) is 0.856. The topological polar surface area (TPSA) is 92.5 Å². The molecule has 1 fully saturated rings. The van der Waals surface area contributed by atoms with E-state index in [4.69, 9.17) is 4.52 Å². The summed E-state index contributed by atoms with van der Waals surface area (Å²) < 4.78 is 31.4. The fraction of sp³-hybridized carbons (Fsp3) is 0.636. The Kier molecular flexibility index (Phi) is 3.64. The molecule has 1 unspecified atom stereocenters. The normalized spacial score (nSPS) is 21.4. The maximum absolute atomic E-state index is 12.7. The van der Waals surface area contributed by atoms with Crippen molar-refractivity contribution in [3.63, 3.8) is 0 Å². The smallest absolute Gasteiger partial charge is 0.249 e. The van der Waals surface area contributed by atoms with Crippen molar-refractivity contribution in [1.82, 2.24) is 14.8 Å². The Labute approximate surface area is 112 Å². The molecule has 1 aromatic rings. The van der Waals surface area contributed by atoms with E-state index < -0.39 is 16.1 Å². The van der Waals surface area contributed by atoms with Gasteiger partial charge < -0.3 is 9.84 Å². The van der Waals surface area contributed by atoms with Gasteiger partial charge in [0, 0.05) is 13.1 Å². The lowest BCUT2D eigenvalue weighted by atomic mass is 10.2. The fourth-order valence-corrected chi connectivity index (χ4v) is 4.29. The first kappa shape index (κ1) is 14.0. The summed E-state index contributed by atoms with van der Waals surface area (Å²) in [5, 5.41) is 6.34. The van der Waals surface area contributed by atoms with Crippen LogP contribution in [0, 0.1) is 13.8 Å². The molecule has 7 nitrogen and oxygen atoms in total. The van der Waals surface area contributed by atoms with Crippen molar-refractivity contribution in [2.24, 2.45) is 0 Å². The standard InChI is InChI=1S/C11H17N3O4S/c1-4-9-11(15)12-5-6-14(9)19(16,17)10-7(2)13-18-8(10)3/h9H,4-6H2,1-3H3,(H,12,15). The minimum absolute atomic E-state index is 0.0700. The number of amides is 1. The lowest BCUT2D eigenvalue weighted by Gasteiger charge is -2.33. The second-order valence-electron chi connectivity index (χ2n) is 4.48. The number of hydrogen-bond acceptors (Lipinski definition) is 5. The van der Waals surface area contributed by atoms with E-state index in [-0.39, 0.29) is 23.1 Å². The van der Waals surface area contributed by atoms with Gasteiger partial charge in [-0.3, -0.25) is 4.79 Å². The van der Waals surface area contributed by atoms with E-state index in [0.717, 1.165) is 0 Å². The van der Waals surface area contributed by atoms with Gasteiger partial charge in [0.2, 0.25) is 15.9 Å². The molecule has 1 amide bonds. The van der Waals surface area contributed by atoms with Gasteiger partial charge in [-0.15, -0.1) is 0 Å². The van der Waals surface area contributed by atoms with Crippen molar-refractivity contribution in [1.29, 1.82) is 0 Å². The molecule has 1 aliphatic heterocycles. The van der Waals surface area contributed by atoms with E-state index >= 15 is 0 Å². The van der Waals surface area contributed by atoms with Gasteiger partial charge in [0.1, 0.15) is 16.6 Å². The number of aryl methyl sites for hydroxylation is 2. The van der Waals surface area contributed by atoms with Crippen molar-refractivity contribution in [3.05, 3.63) is 11.5 Å². The molecule has 1 aromatic heterocycles. The summed E-state index contributed by atoms with van der Waals surface area (Å²) in [6, 6.07) is -0.674. The molecule has 8 heteroatoms. The maximum Gasteiger partial charge on any atom is 0.249 e. The predicted molar refractivity (Wildman–Crippen MR) is 67.0 cm³/mol. The van der Waals surface area contributed by atoms with E-state index in [1.54, 1.807) is 20.8 Å². The molecule has 0 saturated carbocycles. The molecular formula is C11H17N3O4S. The van der Waals surface area contributed by atoms with Crippen LogP contribution >= 0.6 is 0 Å². The lowest BCUT2D eigenvalue weighted by molar-refractivity contribution is -0.126. The van der Waals surface area contributed by atoms with Crippen molar-refractivity contribution >= 4 is 15.9 Å². The van der Waals surface area contributed by atoms with Crippen molar-refractivity contribution < 1.29 is 17.7 Å². The van der Waals surface area contributed by atoms with E-state index in [2.05, 4.69) is 10.5 Å². The molecule has 0 radical (unpaired) electrons. The zero-order valence-corrected chi connectivity index (χ0v) is 12.0. The lowest BCUT2D eigenvalue weighted by Crippen LogP contribution is -2.56. The zero-order chi connectivity index (χ0) is 14.2. The van der Waals surface area contributed by atoms with Crippen LogP contribution in [0.25, 0.3) is 0 Å². The first-order valence-corrected chi connectivity index (χ1v) is 7.56. The van der Waals surface area contributed by atoms with Gasteiger partial charge >= 0.3 is 0 Å². The number of hydrogen-bond donors (Lipinski definition) is 1. The average molecular weight is 287 g/mol. The monoisotopic (exact) mass is 287 g/mol. The van der Waals surface area contributed by atoms with Gasteiger partial charge in [0.05, 0.1) is 0 Å². The summed E-state index contributed by atoms with van der Waals surface area (Å²) in [6.07, 6.45) is 0.425. The number of aromatic nitrogens is 1. The molecule has 0 bridgehead atoms. The first-order valence-electron chi connectivity index (χ1n) is 6.12. The number of nitrogens with zero attached hydrogens (tertiary/aromatic N) is 2. The second-order valence-corrected chi connectivity index (χ2v) is 6.31. The largest absolute Gasteiger partial charge is 0.360 e. The van der Waals surface area contributed by atoms with Crippen LogP contribution in [-0.2, 0) is 14.8 Å². The highest BCUT2D eigenvalue weighted by molar-refractivity contribution is 7.89. The first-order chi connectivity index (χ1) is 8.89. The molecule has 19 heavy (non-hydrogen) atoms. The molecule has 2 heterocycles. The predicted octanol–water partition coefficient (Wildman–Crippen LogP) is 0.191. The van der Waals surface area contributed by atoms with Gasteiger partial charge in [-0.25, -0.2) is 8.42 Å². The van der Waals surface area contributed by atoms with Gasteiger partial charge in [-0.1, -0.05) is 12.1 Å². The van der Waals surface area contributed by atoms with Gasteiger partial charge in [-0.05, 0) is 20.3 Å². The highest BCUT2D eigenvalue weighted by Crippen LogP contribution is 2.26. The molecule has 106 valence electrons. The summed E-state index contributed by atoms with van der Waals surface area (Å²) in [5.74, 6) is -0.0116. The molecule has 1 saturated heterocycles. The minimum Gasteiger partial charge on any atom is -0.360 e. The Morgan fingerprint density at radius 1 is 1.47 bits per heavy atom. The summed E-state index contributed by atoms with van der Waals surface area (Å²) in [7, 11) is -3.76. The number of carbonyl (C=O) groups excluding carboxylic acids is 1. The van der Waals surface area contributed by atoms with Crippen LogP contribution in [-0.4, -0.2) is 42.9 Å². The molecule has 1 aliphatic rings. The molecule has 0 aliphatic carbocycles. The van der Waals surface area contributed by atoms with Gasteiger partial charge in [-0.2, -0.15) is 4.31 Å². The number of piperazine rings is 1. The van der Waals surface area contributed by atoms with Crippen LogP contribution in [0.2, 0.25) is 0 Å². The van der Waals surface area contributed by atoms with E-state index in [1.165, 1.54) is 4.31 Å². The second kappa shape index (κ2) is 4.93. The molecule has 2 rings (SSSR count). The number of nitrogens with one attached hydrogen (secondary N) is 1. The van der Waals surface area contributed by atoms with E-state index in [9.17, 15) is 13.2 Å². The summed E-state index contributed by atoms with van der Waals surface area (Å²) >= 11 is 0. The third kappa shape index (κ3) is 2.25. The maximum atomic E-state index is 12.7. The van der Waals surface area contributed by atoms with Crippen LogP contribution < -0.4 is 5.32 Å². The Balaban J connectivity index is 2.47. The Hall–Kier alpha value is -1.41. The Morgan fingerprint density at radius 2 is 2.16 bits per heavy atom. The number of rotatable bonds is 3. The SMILES string of the molecule is CCC1C(=O)NCCN1S(=O)(=O)c1c(C)noc1C. The number of carbonyl (C=O) groups is 1. The van der Waals surface area contributed by atoms with Crippen molar-refractivity contribution in [3.8, 4) is 0 Å². The highest BCUT2D eigenvalue weighted by atomic mass is 32.2. The highest BCUT2D eigenvalue weighted by Gasteiger charge is 2.39. The Morgan fingerprint density at radius 3 is 2.68 bits per heavy atom. The van der Waals surface area contributed by atoms with Crippen molar-refractivity contribution in [2.45, 2.75) is 38.1 Å². The zero-order valence-electron chi connectivity index (χ0n) is 11.1. The average Bonchev–Trinajstić information content (AvgIpc) is 2.69. The summed E-state index contributed by atoms with van der Waals surface area (Å²) in [4.78, 5) is 11.8. The van der Waals surface area contributed by atoms with E-state index in [0.29, 0.717) is 18.7 Å². The molecule has 1 atom stereocenters. The summed E-state index contributed by atoms with van der Waals surface area (Å²) in [6.45, 7) is 5.49. The van der Waals surface area contributed by atoms with Crippen LogP contribution in [0.5, 0.6) is 0 Å². The molecule has 1 N–H and O–H groups in total.